The number of thiocarbonyl (C=S) groups is 1. The van der Waals surface area contributed by atoms with Gasteiger partial charge in [-0.2, -0.15) is 11.8 Å². The number of hydrogen-bond acceptors (Lipinski definition) is 3. The van der Waals surface area contributed by atoms with E-state index in [1.165, 1.54) is 24.0 Å². The monoisotopic (exact) mass is 270 g/mol. The minimum Gasteiger partial charge on any atom is -0.389 e. The molecule has 1 unspecified atom stereocenters. The zero-order chi connectivity index (χ0) is 12.3. The quantitative estimate of drug-likeness (QED) is 0.825. The standard InChI is InChI=1S/C12H15FN2S2/c13-11-5-9(1-2-10(11)12(14)16)15-6-8-3-4-17-7-8/h1-2,5,8,15H,3-4,6-7H2,(H2,14,16). The molecule has 2 nitrogen and oxygen atoms in total. The van der Waals surface area contributed by atoms with Crippen molar-refractivity contribution in [1.29, 1.82) is 0 Å². The zero-order valence-electron chi connectivity index (χ0n) is 9.41. The van der Waals surface area contributed by atoms with Crippen LogP contribution in [-0.2, 0) is 0 Å². The van der Waals surface area contributed by atoms with Gasteiger partial charge in [0.1, 0.15) is 10.8 Å². The fraction of sp³-hybridized carbons (Fsp3) is 0.417. The maximum absolute atomic E-state index is 13.6. The number of halogens is 1. The van der Waals surface area contributed by atoms with Gasteiger partial charge in [-0.25, -0.2) is 4.39 Å². The maximum atomic E-state index is 13.6. The Bertz CT molecular complexity index is 417. The summed E-state index contributed by atoms with van der Waals surface area (Å²) in [6, 6.07) is 4.90. The molecular formula is C12H15FN2S2. The fourth-order valence-electron chi connectivity index (χ4n) is 1.83. The highest BCUT2D eigenvalue weighted by Crippen LogP contribution is 2.24. The van der Waals surface area contributed by atoms with Gasteiger partial charge in [0.25, 0.3) is 0 Å². The zero-order valence-corrected chi connectivity index (χ0v) is 11.0. The van der Waals surface area contributed by atoms with E-state index in [0.717, 1.165) is 12.2 Å². The molecule has 0 spiro atoms. The number of rotatable bonds is 4. The van der Waals surface area contributed by atoms with Gasteiger partial charge in [0, 0.05) is 17.8 Å². The summed E-state index contributed by atoms with van der Waals surface area (Å²) < 4.78 is 13.6. The van der Waals surface area contributed by atoms with E-state index >= 15 is 0 Å². The number of benzene rings is 1. The highest BCUT2D eigenvalue weighted by atomic mass is 32.2. The van der Waals surface area contributed by atoms with E-state index in [4.69, 9.17) is 18.0 Å². The Hall–Kier alpha value is -0.810. The third-order valence-corrected chi connectivity index (χ3v) is 4.30. The van der Waals surface area contributed by atoms with Crippen LogP contribution in [0.15, 0.2) is 18.2 Å². The van der Waals surface area contributed by atoms with Crippen molar-refractivity contribution >= 4 is 34.7 Å². The van der Waals surface area contributed by atoms with Crippen molar-refractivity contribution in [3.63, 3.8) is 0 Å². The van der Waals surface area contributed by atoms with Gasteiger partial charge in [-0.05, 0) is 42.0 Å². The van der Waals surface area contributed by atoms with E-state index in [1.807, 2.05) is 17.8 Å². The molecule has 5 heteroatoms. The van der Waals surface area contributed by atoms with Crippen LogP contribution in [0.3, 0.4) is 0 Å². The normalized spacial score (nSPS) is 19.2. The Morgan fingerprint density at radius 2 is 2.41 bits per heavy atom. The molecule has 1 aromatic rings. The first kappa shape index (κ1) is 12.6. The summed E-state index contributed by atoms with van der Waals surface area (Å²) in [6.45, 7) is 0.902. The van der Waals surface area contributed by atoms with Crippen molar-refractivity contribution in [2.24, 2.45) is 11.7 Å². The third-order valence-electron chi connectivity index (χ3n) is 2.85. The first-order chi connectivity index (χ1) is 8.16. The van der Waals surface area contributed by atoms with E-state index in [0.29, 0.717) is 11.5 Å². The summed E-state index contributed by atoms with van der Waals surface area (Å²) in [5, 5.41) is 3.26. The second-order valence-electron chi connectivity index (χ2n) is 4.17. The van der Waals surface area contributed by atoms with Gasteiger partial charge in [-0.1, -0.05) is 12.2 Å². The molecule has 17 heavy (non-hydrogen) atoms. The molecule has 2 rings (SSSR count). The molecule has 1 saturated heterocycles. The molecular weight excluding hydrogens is 255 g/mol. The lowest BCUT2D eigenvalue weighted by molar-refractivity contribution is 0.620. The van der Waals surface area contributed by atoms with E-state index < -0.39 is 0 Å². The minimum atomic E-state index is -0.358. The van der Waals surface area contributed by atoms with E-state index in [2.05, 4.69) is 5.32 Å². The van der Waals surface area contributed by atoms with Crippen molar-refractivity contribution in [3.05, 3.63) is 29.6 Å². The molecule has 3 N–H and O–H groups in total. The number of thioether (sulfide) groups is 1. The van der Waals surface area contributed by atoms with Crippen molar-refractivity contribution in [1.82, 2.24) is 0 Å². The predicted molar refractivity (Wildman–Crippen MR) is 76.2 cm³/mol. The SMILES string of the molecule is NC(=S)c1ccc(NCC2CCSC2)cc1F. The molecule has 0 bridgehead atoms. The number of nitrogens with one attached hydrogen (secondary N) is 1. The average molecular weight is 270 g/mol. The van der Waals surface area contributed by atoms with Gasteiger partial charge >= 0.3 is 0 Å². The molecule has 0 radical (unpaired) electrons. The molecule has 1 aliphatic rings. The number of hydrogen-bond donors (Lipinski definition) is 2. The second kappa shape index (κ2) is 5.69. The smallest absolute Gasteiger partial charge is 0.135 e. The Morgan fingerprint density at radius 1 is 1.59 bits per heavy atom. The Labute approximate surface area is 110 Å². The van der Waals surface area contributed by atoms with Crippen molar-refractivity contribution in [3.8, 4) is 0 Å². The van der Waals surface area contributed by atoms with Gasteiger partial charge in [0.05, 0.1) is 0 Å². The summed E-state index contributed by atoms with van der Waals surface area (Å²) in [6.07, 6.45) is 1.24. The molecule has 1 fully saturated rings. The Morgan fingerprint density at radius 3 is 3.00 bits per heavy atom. The molecule has 0 aliphatic carbocycles. The Balaban J connectivity index is 1.97. The van der Waals surface area contributed by atoms with Gasteiger partial charge in [-0.3, -0.25) is 0 Å². The number of anilines is 1. The highest BCUT2D eigenvalue weighted by molar-refractivity contribution is 7.99. The van der Waals surface area contributed by atoms with E-state index in [-0.39, 0.29) is 10.8 Å². The summed E-state index contributed by atoms with van der Waals surface area (Å²) in [5.74, 6) is 2.77. The van der Waals surface area contributed by atoms with Crippen molar-refractivity contribution < 1.29 is 4.39 Å². The third kappa shape index (κ3) is 3.33. The Kier molecular flexibility index (Phi) is 4.23. The first-order valence-corrected chi connectivity index (χ1v) is 7.14. The van der Waals surface area contributed by atoms with Crippen molar-refractivity contribution in [2.75, 3.05) is 23.4 Å². The van der Waals surface area contributed by atoms with Gasteiger partial charge in [0.15, 0.2) is 0 Å². The fourth-order valence-corrected chi connectivity index (χ4v) is 3.28. The van der Waals surface area contributed by atoms with Crippen LogP contribution in [0.2, 0.25) is 0 Å². The summed E-state index contributed by atoms with van der Waals surface area (Å²) >= 11 is 6.74. The van der Waals surface area contributed by atoms with Crippen LogP contribution in [0.4, 0.5) is 10.1 Å². The molecule has 0 aromatic heterocycles. The summed E-state index contributed by atoms with van der Waals surface area (Å²) in [7, 11) is 0. The molecule has 92 valence electrons. The van der Waals surface area contributed by atoms with E-state index in [9.17, 15) is 4.39 Å². The van der Waals surface area contributed by atoms with Gasteiger partial charge < -0.3 is 11.1 Å². The summed E-state index contributed by atoms with van der Waals surface area (Å²) in [5.41, 5.74) is 6.50. The largest absolute Gasteiger partial charge is 0.389 e. The van der Waals surface area contributed by atoms with Gasteiger partial charge in [0.2, 0.25) is 0 Å². The second-order valence-corrected chi connectivity index (χ2v) is 5.76. The van der Waals surface area contributed by atoms with E-state index in [1.54, 1.807) is 6.07 Å². The van der Waals surface area contributed by atoms with Crippen molar-refractivity contribution in [2.45, 2.75) is 6.42 Å². The van der Waals surface area contributed by atoms with Crippen LogP contribution in [0.25, 0.3) is 0 Å². The average Bonchev–Trinajstić information content (AvgIpc) is 2.78. The molecule has 0 saturated carbocycles. The molecule has 1 aliphatic heterocycles. The van der Waals surface area contributed by atoms with Crippen LogP contribution < -0.4 is 11.1 Å². The van der Waals surface area contributed by atoms with Gasteiger partial charge in [-0.15, -0.1) is 0 Å². The minimum absolute atomic E-state index is 0.0984. The van der Waals surface area contributed by atoms with Crippen LogP contribution in [0, 0.1) is 11.7 Å². The summed E-state index contributed by atoms with van der Waals surface area (Å²) in [4.78, 5) is 0.0984. The highest BCUT2D eigenvalue weighted by Gasteiger charge is 2.15. The van der Waals surface area contributed by atoms with Crippen LogP contribution in [0.1, 0.15) is 12.0 Å². The first-order valence-electron chi connectivity index (χ1n) is 5.58. The predicted octanol–water partition coefficient (Wildman–Crippen LogP) is 2.62. The van der Waals surface area contributed by atoms with Crippen LogP contribution in [-0.4, -0.2) is 23.0 Å². The molecule has 1 atom stereocenters. The molecule has 1 heterocycles. The molecule has 0 amide bonds. The maximum Gasteiger partial charge on any atom is 0.135 e. The topological polar surface area (TPSA) is 38.0 Å². The lowest BCUT2D eigenvalue weighted by Gasteiger charge is -2.12. The number of nitrogens with two attached hydrogens (primary N) is 1. The molecule has 1 aromatic carbocycles. The lowest BCUT2D eigenvalue weighted by atomic mass is 10.1. The van der Waals surface area contributed by atoms with Crippen LogP contribution in [0.5, 0.6) is 0 Å². The van der Waals surface area contributed by atoms with Crippen LogP contribution >= 0.6 is 24.0 Å². The lowest BCUT2D eigenvalue weighted by Crippen LogP contribution is -2.15.